The average Bonchev–Trinajstić information content (AvgIpc) is 3.29. The van der Waals surface area contributed by atoms with E-state index >= 15 is 0 Å². The Labute approximate surface area is 149 Å². The molecule has 0 radical (unpaired) electrons. The number of urea groups is 1. The van der Waals surface area contributed by atoms with Crippen molar-refractivity contribution in [2.24, 2.45) is 5.73 Å². The van der Waals surface area contributed by atoms with Gasteiger partial charge in [-0.2, -0.15) is 0 Å². The molecule has 0 aromatic heterocycles. The van der Waals surface area contributed by atoms with Crippen molar-refractivity contribution in [3.63, 3.8) is 0 Å². The maximum absolute atomic E-state index is 11.8. The molecule has 0 heterocycles. The zero-order valence-electron chi connectivity index (χ0n) is 14.2. The van der Waals surface area contributed by atoms with E-state index in [2.05, 4.69) is 16.0 Å². The SMILES string of the molecule is CC(N)CCC(=O)NC(C)c1ccc(NC(=O)NC2CC2)cc1.Cl. The van der Waals surface area contributed by atoms with Gasteiger partial charge in [-0.3, -0.25) is 4.79 Å². The summed E-state index contributed by atoms with van der Waals surface area (Å²) in [5.41, 5.74) is 7.38. The van der Waals surface area contributed by atoms with Gasteiger partial charge in [-0.25, -0.2) is 4.79 Å². The van der Waals surface area contributed by atoms with Crippen molar-refractivity contribution in [3.8, 4) is 0 Å². The Morgan fingerprint density at radius 1 is 1.21 bits per heavy atom. The standard InChI is InChI=1S/C17H26N4O2.ClH/c1-11(18)3-10-16(22)19-12(2)13-4-6-14(7-5-13)20-17(23)21-15-8-9-15;/h4-7,11-12,15H,3,8-10,18H2,1-2H3,(H,19,22)(H2,20,21,23);1H. The fourth-order valence-corrected chi connectivity index (χ4v) is 2.19. The van der Waals surface area contributed by atoms with Crippen LogP contribution in [0.3, 0.4) is 0 Å². The molecular formula is C17H27ClN4O2. The lowest BCUT2D eigenvalue weighted by Gasteiger charge is -2.15. The molecule has 0 aliphatic heterocycles. The van der Waals surface area contributed by atoms with Gasteiger partial charge in [0, 0.05) is 24.2 Å². The monoisotopic (exact) mass is 354 g/mol. The molecule has 134 valence electrons. The number of amides is 3. The lowest BCUT2D eigenvalue weighted by Crippen LogP contribution is -2.30. The van der Waals surface area contributed by atoms with Gasteiger partial charge in [0.25, 0.3) is 0 Å². The van der Waals surface area contributed by atoms with Crippen molar-refractivity contribution in [2.75, 3.05) is 5.32 Å². The van der Waals surface area contributed by atoms with Gasteiger partial charge in [0.1, 0.15) is 0 Å². The molecule has 1 aromatic rings. The Morgan fingerprint density at radius 3 is 2.38 bits per heavy atom. The van der Waals surface area contributed by atoms with Crippen LogP contribution in [0.5, 0.6) is 0 Å². The van der Waals surface area contributed by atoms with Crippen LogP contribution in [0.2, 0.25) is 0 Å². The molecule has 1 aliphatic rings. The molecule has 24 heavy (non-hydrogen) atoms. The first-order valence-corrected chi connectivity index (χ1v) is 8.16. The first-order valence-electron chi connectivity index (χ1n) is 8.16. The normalized spacial score (nSPS) is 15.6. The maximum Gasteiger partial charge on any atom is 0.319 e. The number of hydrogen-bond donors (Lipinski definition) is 4. The second-order valence-electron chi connectivity index (χ2n) is 6.30. The van der Waals surface area contributed by atoms with Gasteiger partial charge < -0.3 is 21.7 Å². The number of rotatable bonds is 7. The Balaban J connectivity index is 0.00000288. The molecule has 1 saturated carbocycles. The van der Waals surface area contributed by atoms with E-state index in [-0.39, 0.29) is 36.4 Å². The summed E-state index contributed by atoms with van der Waals surface area (Å²) in [5.74, 6) is 0.000753. The van der Waals surface area contributed by atoms with Gasteiger partial charge in [0.15, 0.2) is 0 Å². The third-order valence-electron chi connectivity index (χ3n) is 3.79. The van der Waals surface area contributed by atoms with Crippen molar-refractivity contribution in [3.05, 3.63) is 29.8 Å². The van der Waals surface area contributed by atoms with Crippen LogP contribution in [-0.4, -0.2) is 24.0 Å². The summed E-state index contributed by atoms with van der Waals surface area (Å²) in [6, 6.07) is 7.61. The quantitative estimate of drug-likeness (QED) is 0.606. The molecule has 2 unspecified atom stereocenters. The zero-order chi connectivity index (χ0) is 16.8. The fraction of sp³-hybridized carbons (Fsp3) is 0.529. The van der Waals surface area contributed by atoms with Gasteiger partial charge in [0.2, 0.25) is 5.91 Å². The van der Waals surface area contributed by atoms with E-state index in [9.17, 15) is 9.59 Å². The molecule has 0 spiro atoms. The molecule has 2 atom stereocenters. The maximum atomic E-state index is 11.8. The lowest BCUT2D eigenvalue weighted by molar-refractivity contribution is -0.121. The molecule has 1 aliphatic carbocycles. The first-order chi connectivity index (χ1) is 10.9. The van der Waals surface area contributed by atoms with Crippen LogP contribution in [0.1, 0.15) is 51.1 Å². The number of nitrogens with two attached hydrogens (primary N) is 1. The van der Waals surface area contributed by atoms with Gasteiger partial charge >= 0.3 is 6.03 Å². The minimum absolute atomic E-state index is 0. The van der Waals surface area contributed by atoms with E-state index in [1.54, 1.807) is 0 Å². The molecule has 3 amide bonds. The second kappa shape index (κ2) is 9.49. The molecule has 5 N–H and O–H groups in total. The molecule has 6 nitrogen and oxygen atoms in total. The number of benzene rings is 1. The highest BCUT2D eigenvalue weighted by Gasteiger charge is 2.23. The van der Waals surface area contributed by atoms with Crippen molar-refractivity contribution < 1.29 is 9.59 Å². The third kappa shape index (κ3) is 7.19. The summed E-state index contributed by atoms with van der Waals surface area (Å²) >= 11 is 0. The smallest absolute Gasteiger partial charge is 0.319 e. The second-order valence-corrected chi connectivity index (χ2v) is 6.30. The Hall–Kier alpha value is -1.79. The zero-order valence-corrected chi connectivity index (χ0v) is 15.0. The van der Waals surface area contributed by atoms with Crippen LogP contribution in [0.15, 0.2) is 24.3 Å². The Kier molecular flexibility index (Phi) is 8.01. The number of nitrogens with one attached hydrogen (secondary N) is 3. The molecule has 7 heteroatoms. The van der Waals surface area contributed by atoms with Gasteiger partial charge in [-0.05, 0) is 50.8 Å². The molecular weight excluding hydrogens is 328 g/mol. The summed E-state index contributed by atoms with van der Waals surface area (Å²) in [5, 5.41) is 8.63. The average molecular weight is 355 g/mol. The van der Waals surface area contributed by atoms with Crippen molar-refractivity contribution >= 4 is 30.0 Å². The number of anilines is 1. The fourth-order valence-electron chi connectivity index (χ4n) is 2.19. The Morgan fingerprint density at radius 2 is 1.83 bits per heavy atom. The lowest BCUT2D eigenvalue weighted by atomic mass is 10.1. The van der Waals surface area contributed by atoms with Crippen LogP contribution in [0.4, 0.5) is 10.5 Å². The summed E-state index contributed by atoms with van der Waals surface area (Å²) in [7, 11) is 0. The van der Waals surface area contributed by atoms with E-state index in [0.717, 1.165) is 24.1 Å². The topological polar surface area (TPSA) is 96.2 Å². The van der Waals surface area contributed by atoms with Crippen LogP contribution >= 0.6 is 12.4 Å². The number of hydrogen-bond acceptors (Lipinski definition) is 3. The van der Waals surface area contributed by atoms with E-state index < -0.39 is 0 Å². The minimum Gasteiger partial charge on any atom is -0.350 e. The highest BCUT2D eigenvalue weighted by Crippen LogP contribution is 2.19. The van der Waals surface area contributed by atoms with Gasteiger partial charge in [0.05, 0.1) is 6.04 Å². The molecule has 0 bridgehead atoms. The van der Waals surface area contributed by atoms with E-state index in [4.69, 9.17) is 5.73 Å². The van der Waals surface area contributed by atoms with Gasteiger partial charge in [-0.15, -0.1) is 12.4 Å². The van der Waals surface area contributed by atoms with E-state index in [0.29, 0.717) is 18.9 Å². The highest BCUT2D eigenvalue weighted by atomic mass is 35.5. The number of carbonyl (C=O) groups excluding carboxylic acids is 2. The molecule has 2 rings (SSSR count). The summed E-state index contributed by atoms with van der Waals surface area (Å²) in [6.07, 6.45) is 3.24. The highest BCUT2D eigenvalue weighted by molar-refractivity contribution is 5.89. The van der Waals surface area contributed by atoms with Crippen LogP contribution < -0.4 is 21.7 Å². The van der Waals surface area contributed by atoms with E-state index in [1.807, 2.05) is 38.1 Å². The summed E-state index contributed by atoms with van der Waals surface area (Å²) in [6.45, 7) is 3.83. The van der Waals surface area contributed by atoms with Crippen LogP contribution in [-0.2, 0) is 4.79 Å². The molecule has 1 aromatic carbocycles. The van der Waals surface area contributed by atoms with Crippen LogP contribution in [0, 0.1) is 0 Å². The number of carbonyl (C=O) groups is 2. The van der Waals surface area contributed by atoms with Crippen molar-refractivity contribution in [1.29, 1.82) is 0 Å². The first kappa shape index (κ1) is 20.3. The minimum atomic E-state index is -0.169. The van der Waals surface area contributed by atoms with E-state index in [1.165, 1.54) is 0 Å². The van der Waals surface area contributed by atoms with Crippen molar-refractivity contribution in [1.82, 2.24) is 10.6 Å². The largest absolute Gasteiger partial charge is 0.350 e. The summed E-state index contributed by atoms with van der Waals surface area (Å²) < 4.78 is 0. The third-order valence-corrected chi connectivity index (χ3v) is 3.79. The van der Waals surface area contributed by atoms with Crippen molar-refractivity contribution in [2.45, 2.75) is 57.7 Å². The molecule has 1 fully saturated rings. The Bertz CT molecular complexity index is 544. The predicted molar refractivity (Wildman–Crippen MR) is 98.3 cm³/mol. The predicted octanol–water partition coefficient (Wildman–Crippen LogP) is 2.70. The van der Waals surface area contributed by atoms with Crippen LogP contribution in [0.25, 0.3) is 0 Å². The summed E-state index contributed by atoms with van der Waals surface area (Å²) in [4.78, 5) is 23.5. The molecule has 0 saturated heterocycles. The van der Waals surface area contributed by atoms with Gasteiger partial charge in [-0.1, -0.05) is 12.1 Å². The number of halogens is 1.